The van der Waals surface area contributed by atoms with Gasteiger partial charge in [0, 0.05) is 12.6 Å². The predicted octanol–water partition coefficient (Wildman–Crippen LogP) is 2.73. The van der Waals surface area contributed by atoms with Crippen molar-refractivity contribution in [2.45, 2.75) is 32.2 Å². The number of methoxy groups -OCH3 is 1. The van der Waals surface area contributed by atoms with Crippen LogP contribution in [0.2, 0.25) is 0 Å². The van der Waals surface area contributed by atoms with Crippen LogP contribution < -0.4 is 10.1 Å². The second-order valence-corrected chi connectivity index (χ2v) is 5.54. The first-order chi connectivity index (χ1) is 9.69. The van der Waals surface area contributed by atoms with E-state index in [-0.39, 0.29) is 0 Å². The molecule has 1 aromatic carbocycles. The van der Waals surface area contributed by atoms with Crippen molar-refractivity contribution in [3.63, 3.8) is 0 Å². The third-order valence-corrected chi connectivity index (χ3v) is 3.67. The van der Waals surface area contributed by atoms with E-state index in [0.717, 1.165) is 37.3 Å². The number of nitrogens with one attached hydrogen (secondary N) is 1. The highest BCUT2D eigenvalue weighted by molar-refractivity contribution is 5.37. The molecule has 0 spiro atoms. The Morgan fingerprint density at radius 3 is 3.00 bits per heavy atom. The zero-order valence-corrected chi connectivity index (χ0v) is 12.6. The van der Waals surface area contributed by atoms with Crippen LogP contribution in [0, 0.1) is 0 Å². The molecule has 0 saturated heterocycles. The maximum absolute atomic E-state index is 5.51. The summed E-state index contributed by atoms with van der Waals surface area (Å²) in [6, 6.07) is 6.96. The summed E-state index contributed by atoms with van der Waals surface area (Å²) in [4.78, 5) is 0. The van der Waals surface area contributed by atoms with Crippen LogP contribution in [-0.4, -0.2) is 32.9 Å². The minimum atomic E-state index is 0.544. The Kier molecular flexibility index (Phi) is 5.62. The predicted molar refractivity (Wildman–Crippen MR) is 82.4 cm³/mol. The number of rotatable bonds is 7. The van der Waals surface area contributed by atoms with Gasteiger partial charge in [0.15, 0.2) is 0 Å². The monoisotopic (exact) mass is 275 g/mol. The van der Waals surface area contributed by atoms with Crippen molar-refractivity contribution < 1.29 is 9.47 Å². The number of benzene rings is 1. The van der Waals surface area contributed by atoms with Gasteiger partial charge in [-0.2, -0.15) is 0 Å². The molecule has 110 valence electrons. The summed E-state index contributed by atoms with van der Waals surface area (Å²) < 4.78 is 10.8. The van der Waals surface area contributed by atoms with Gasteiger partial charge in [-0.3, -0.25) is 0 Å². The quantitative estimate of drug-likeness (QED) is 0.613. The molecular weight excluding hydrogens is 250 g/mol. The van der Waals surface area contributed by atoms with E-state index in [1.807, 2.05) is 6.92 Å². The van der Waals surface area contributed by atoms with Gasteiger partial charge in [-0.15, -0.1) is 0 Å². The summed E-state index contributed by atoms with van der Waals surface area (Å²) in [5.74, 6) is 0.953. The Hall–Kier alpha value is -1.32. The van der Waals surface area contributed by atoms with Crippen LogP contribution in [0.15, 0.2) is 30.4 Å². The lowest BCUT2D eigenvalue weighted by Gasteiger charge is -2.26. The maximum Gasteiger partial charge on any atom is 0.119 e. The number of ether oxygens (including phenoxy) is 2. The average Bonchev–Trinajstić information content (AvgIpc) is 2.45. The normalized spacial score (nSPS) is 17.6. The van der Waals surface area contributed by atoms with Crippen LogP contribution in [0.4, 0.5) is 0 Å². The van der Waals surface area contributed by atoms with Gasteiger partial charge in [0.2, 0.25) is 0 Å². The Morgan fingerprint density at radius 2 is 2.25 bits per heavy atom. The molecule has 1 aliphatic carbocycles. The molecule has 0 aromatic heterocycles. The summed E-state index contributed by atoms with van der Waals surface area (Å²) in [6.07, 6.45) is 3.41. The highest BCUT2D eigenvalue weighted by atomic mass is 16.5. The summed E-state index contributed by atoms with van der Waals surface area (Å²) in [5, 5.41) is 3.58. The van der Waals surface area contributed by atoms with E-state index >= 15 is 0 Å². The fraction of sp³-hybridized carbons (Fsp3) is 0.529. The first kappa shape index (κ1) is 15.1. The van der Waals surface area contributed by atoms with E-state index in [9.17, 15) is 0 Å². The fourth-order valence-corrected chi connectivity index (χ4v) is 2.62. The van der Waals surface area contributed by atoms with E-state index < -0.39 is 0 Å². The van der Waals surface area contributed by atoms with Crippen LogP contribution in [0.3, 0.4) is 0 Å². The Morgan fingerprint density at radius 1 is 1.40 bits per heavy atom. The van der Waals surface area contributed by atoms with Gasteiger partial charge in [0.25, 0.3) is 0 Å². The molecule has 20 heavy (non-hydrogen) atoms. The van der Waals surface area contributed by atoms with Crippen LogP contribution in [0.5, 0.6) is 5.75 Å². The number of hydrogen-bond acceptors (Lipinski definition) is 3. The molecule has 2 rings (SSSR count). The number of aryl methyl sites for hydroxylation is 1. The van der Waals surface area contributed by atoms with Crippen molar-refractivity contribution in [3.8, 4) is 5.75 Å². The van der Waals surface area contributed by atoms with Crippen LogP contribution in [0.25, 0.3) is 0 Å². The summed E-state index contributed by atoms with van der Waals surface area (Å²) in [6.45, 7) is 8.12. The molecule has 0 heterocycles. The third-order valence-electron chi connectivity index (χ3n) is 3.67. The summed E-state index contributed by atoms with van der Waals surface area (Å²) >= 11 is 0. The molecule has 0 fully saturated rings. The molecule has 1 N–H and O–H groups in total. The smallest absolute Gasteiger partial charge is 0.119 e. The van der Waals surface area contributed by atoms with Crippen molar-refractivity contribution in [1.82, 2.24) is 5.32 Å². The van der Waals surface area contributed by atoms with Crippen LogP contribution in [0.1, 0.15) is 24.5 Å². The van der Waals surface area contributed by atoms with Crippen molar-refractivity contribution in [2.75, 3.05) is 26.9 Å². The lowest BCUT2D eigenvalue weighted by atomic mass is 9.88. The van der Waals surface area contributed by atoms with E-state index in [4.69, 9.17) is 9.47 Å². The topological polar surface area (TPSA) is 30.5 Å². The van der Waals surface area contributed by atoms with E-state index in [1.165, 1.54) is 17.5 Å². The molecule has 0 radical (unpaired) electrons. The van der Waals surface area contributed by atoms with Gasteiger partial charge < -0.3 is 14.8 Å². The molecular formula is C17H25NO2. The molecule has 1 atom stereocenters. The maximum atomic E-state index is 5.51. The second-order valence-electron chi connectivity index (χ2n) is 5.54. The van der Waals surface area contributed by atoms with Crippen molar-refractivity contribution >= 4 is 0 Å². The molecule has 0 amide bonds. The molecule has 3 heteroatoms. The Bertz CT molecular complexity index is 456. The first-order valence-corrected chi connectivity index (χ1v) is 7.30. The molecule has 1 aromatic rings. The zero-order valence-electron chi connectivity index (χ0n) is 12.6. The van der Waals surface area contributed by atoms with Gasteiger partial charge in [-0.1, -0.05) is 18.2 Å². The van der Waals surface area contributed by atoms with Crippen LogP contribution >= 0.6 is 0 Å². The fourth-order valence-electron chi connectivity index (χ4n) is 2.62. The molecule has 1 aliphatic rings. The largest absolute Gasteiger partial charge is 0.497 e. The lowest BCUT2D eigenvalue weighted by Crippen LogP contribution is -2.36. The van der Waals surface area contributed by atoms with Crippen molar-refractivity contribution in [1.29, 1.82) is 0 Å². The zero-order chi connectivity index (χ0) is 14.4. The minimum absolute atomic E-state index is 0.544. The first-order valence-electron chi connectivity index (χ1n) is 7.30. The SMILES string of the molecule is C=C(C)COCCNC1CCc2ccc(OC)cc2C1. The van der Waals surface area contributed by atoms with Crippen molar-refractivity contribution in [2.24, 2.45) is 0 Å². The lowest BCUT2D eigenvalue weighted by molar-refractivity contribution is 0.154. The summed E-state index contributed by atoms with van der Waals surface area (Å²) in [5.41, 5.74) is 3.95. The van der Waals surface area contributed by atoms with Gasteiger partial charge in [-0.05, 0) is 49.4 Å². The van der Waals surface area contributed by atoms with E-state index in [2.05, 4.69) is 30.1 Å². The van der Waals surface area contributed by atoms with E-state index in [1.54, 1.807) is 7.11 Å². The second kappa shape index (κ2) is 7.46. The molecule has 3 nitrogen and oxygen atoms in total. The van der Waals surface area contributed by atoms with Gasteiger partial charge in [-0.25, -0.2) is 0 Å². The third kappa shape index (κ3) is 4.36. The molecule has 0 bridgehead atoms. The molecule has 1 unspecified atom stereocenters. The minimum Gasteiger partial charge on any atom is -0.497 e. The Labute approximate surface area is 122 Å². The Balaban J connectivity index is 1.77. The standard InChI is InChI=1S/C17H25NO2/c1-13(2)12-20-9-8-18-16-6-4-14-5-7-17(19-3)11-15(14)10-16/h5,7,11,16,18H,1,4,6,8-10,12H2,2-3H3. The van der Waals surface area contributed by atoms with Crippen LogP contribution in [-0.2, 0) is 17.6 Å². The number of fused-ring (bicyclic) bond motifs is 1. The summed E-state index contributed by atoms with van der Waals surface area (Å²) in [7, 11) is 1.72. The molecule has 0 saturated carbocycles. The van der Waals surface area contributed by atoms with Gasteiger partial charge >= 0.3 is 0 Å². The number of hydrogen-bond donors (Lipinski definition) is 1. The van der Waals surface area contributed by atoms with Gasteiger partial charge in [0.1, 0.15) is 5.75 Å². The van der Waals surface area contributed by atoms with Gasteiger partial charge in [0.05, 0.1) is 20.3 Å². The highest BCUT2D eigenvalue weighted by Gasteiger charge is 2.18. The average molecular weight is 275 g/mol. The van der Waals surface area contributed by atoms with Crippen molar-refractivity contribution in [3.05, 3.63) is 41.5 Å². The highest BCUT2D eigenvalue weighted by Crippen LogP contribution is 2.25. The van der Waals surface area contributed by atoms with E-state index in [0.29, 0.717) is 12.6 Å². The molecule has 0 aliphatic heterocycles.